The maximum atomic E-state index is 6.06. The molecular weight excluding hydrogens is 336 g/mol. The molecule has 0 fully saturated rings. The number of hydrogen-bond acceptors (Lipinski definition) is 5. The van der Waals surface area contributed by atoms with Crippen LogP contribution in [0.1, 0.15) is 11.1 Å². The smallest absolute Gasteiger partial charge is 0.224 e. The van der Waals surface area contributed by atoms with Gasteiger partial charge < -0.3 is 15.4 Å². The Morgan fingerprint density at radius 1 is 1.08 bits per heavy atom. The maximum absolute atomic E-state index is 6.06. The lowest BCUT2D eigenvalue weighted by Gasteiger charge is -2.11. The first-order chi connectivity index (χ1) is 12.1. The molecule has 0 aliphatic rings. The van der Waals surface area contributed by atoms with Crippen LogP contribution >= 0.6 is 11.6 Å². The van der Waals surface area contributed by atoms with Gasteiger partial charge in [-0.3, -0.25) is 0 Å². The summed E-state index contributed by atoms with van der Waals surface area (Å²) in [6.07, 6.45) is 1.71. The van der Waals surface area contributed by atoms with Crippen molar-refractivity contribution in [1.29, 1.82) is 0 Å². The predicted molar refractivity (Wildman–Crippen MR) is 102 cm³/mol. The number of nitrogens with zero attached hydrogens (tertiary/aromatic N) is 2. The summed E-state index contributed by atoms with van der Waals surface area (Å²) in [5, 5.41) is 7.18. The summed E-state index contributed by atoms with van der Waals surface area (Å²) in [6.45, 7) is 2.65. The summed E-state index contributed by atoms with van der Waals surface area (Å²) < 4.78 is 5.16. The van der Waals surface area contributed by atoms with Gasteiger partial charge in [0.1, 0.15) is 11.6 Å². The van der Waals surface area contributed by atoms with Crippen molar-refractivity contribution < 1.29 is 4.74 Å². The van der Waals surface area contributed by atoms with Crippen LogP contribution in [0.5, 0.6) is 5.75 Å². The Labute approximate surface area is 152 Å². The third-order valence-corrected chi connectivity index (χ3v) is 3.96. The first-order valence-electron chi connectivity index (χ1n) is 7.87. The molecule has 2 N–H and O–H groups in total. The van der Waals surface area contributed by atoms with E-state index in [0.29, 0.717) is 23.3 Å². The summed E-state index contributed by atoms with van der Waals surface area (Å²) in [5.41, 5.74) is 3.14. The second kappa shape index (κ2) is 7.85. The third-order valence-electron chi connectivity index (χ3n) is 3.73. The van der Waals surface area contributed by atoms with Gasteiger partial charge in [0.25, 0.3) is 0 Å². The number of hydrogen-bond donors (Lipinski definition) is 2. The Bertz CT molecular complexity index is 852. The molecule has 128 valence electrons. The van der Waals surface area contributed by atoms with Gasteiger partial charge in [-0.05, 0) is 48.4 Å². The highest BCUT2D eigenvalue weighted by atomic mass is 35.5. The average Bonchev–Trinajstić information content (AvgIpc) is 2.64. The molecule has 0 atom stereocenters. The summed E-state index contributed by atoms with van der Waals surface area (Å²) in [7, 11) is 1.65. The second-order valence-corrected chi connectivity index (χ2v) is 5.99. The van der Waals surface area contributed by atoms with E-state index in [4.69, 9.17) is 16.3 Å². The molecule has 3 rings (SSSR count). The van der Waals surface area contributed by atoms with Crippen LogP contribution in [0.15, 0.2) is 54.7 Å². The zero-order valence-corrected chi connectivity index (χ0v) is 14.8. The molecule has 1 heterocycles. The molecule has 0 bridgehead atoms. The van der Waals surface area contributed by atoms with Gasteiger partial charge in [0, 0.05) is 23.5 Å². The molecule has 0 aliphatic carbocycles. The first-order valence-corrected chi connectivity index (χ1v) is 8.25. The topological polar surface area (TPSA) is 59.1 Å². The highest BCUT2D eigenvalue weighted by molar-refractivity contribution is 6.30. The molecule has 1 aromatic heterocycles. The van der Waals surface area contributed by atoms with Crippen molar-refractivity contribution >= 4 is 29.1 Å². The van der Waals surface area contributed by atoms with Crippen LogP contribution in [0.2, 0.25) is 5.02 Å². The van der Waals surface area contributed by atoms with Crippen molar-refractivity contribution in [2.45, 2.75) is 13.5 Å². The van der Waals surface area contributed by atoms with Crippen LogP contribution in [0, 0.1) is 6.92 Å². The van der Waals surface area contributed by atoms with Crippen LogP contribution in [-0.4, -0.2) is 17.1 Å². The summed E-state index contributed by atoms with van der Waals surface area (Å²) in [4.78, 5) is 8.74. The summed E-state index contributed by atoms with van der Waals surface area (Å²) in [6, 6.07) is 15.4. The van der Waals surface area contributed by atoms with Gasteiger partial charge in [0.2, 0.25) is 5.95 Å². The zero-order valence-electron chi connectivity index (χ0n) is 14.1. The second-order valence-electron chi connectivity index (χ2n) is 5.55. The van der Waals surface area contributed by atoms with E-state index < -0.39 is 0 Å². The van der Waals surface area contributed by atoms with E-state index in [1.807, 2.05) is 55.5 Å². The van der Waals surface area contributed by atoms with Crippen molar-refractivity contribution in [1.82, 2.24) is 9.97 Å². The Morgan fingerprint density at radius 2 is 1.88 bits per heavy atom. The number of ether oxygens (including phenoxy) is 1. The first kappa shape index (κ1) is 17.0. The van der Waals surface area contributed by atoms with Crippen molar-refractivity contribution in [3.63, 3.8) is 0 Å². The van der Waals surface area contributed by atoms with E-state index in [0.717, 1.165) is 22.6 Å². The molecule has 0 amide bonds. The number of aromatic nitrogens is 2. The molecule has 25 heavy (non-hydrogen) atoms. The number of halogens is 1. The Balaban J connectivity index is 1.67. The average molecular weight is 355 g/mol. The van der Waals surface area contributed by atoms with E-state index >= 15 is 0 Å². The number of anilines is 3. The summed E-state index contributed by atoms with van der Waals surface area (Å²) >= 11 is 6.06. The van der Waals surface area contributed by atoms with Crippen molar-refractivity contribution in [2.75, 3.05) is 17.7 Å². The fraction of sp³-hybridized carbons (Fsp3) is 0.158. The predicted octanol–water partition coefficient (Wildman–Crippen LogP) is 4.80. The van der Waals surface area contributed by atoms with Gasteiger partial charge in [-0.1, -0.05) is 29.8 Å². The zero-order chi connectivity index (χ0) is 17.6. The Morgan fingerprint density at radius 3 is 2.64 bits per heavy atom. The fourth-order valence-corrected chi connectivity index (χ4v) is 2.48. The number of rotatable bonds is 6. The van der Waals surface area contributed by atoms with Gasteiger partial charge in [-0.15, -0.1) is 0 Å². The van der Waals surface area contributed by atoms with Crippen molar-refractivity contribution in [3.05, 3.63) is 70.9 Å². The van der Waals surface area contributed by atoms with E-state index in [1.54, 1.807) is 13.3 Å². The Hall–Kier alpha value is -2.79. The number of aryl methyl sites for hydroxylation is 1. The molecule has 2 aromatic carbocycles. The highest BCUT2D eigenvalue weighted by Gasteiger charge is 2.04. The largest absolute Gasteiger partial charge is 0.497 e. The molecule has 0 aliphatic heterocycles. The van der Waals surface area contributed by atoms with Crippen LogP contribution in [0.3, 0.4) is 0 Å². The molecule has 0 saturated carbocycles. The lowest BCUT2D eigenvalue weighted by molar-refractivity contribution is 0.414. The van der Waals surface area contributed by atoms with E-state index in [-0.39, 0.29) is 0 Å². The molecule has 0 saturated heterocycles. The van der Waals surface area contributed by atoms with E-state index in [1.165, 1.54) is 0 Å². The minimum Gasteiger partial charge on any atom is -0.497 e. The van der Waals surface area contributed by atoms with Crippen LogP contribution in [0.4, 0.5) is 17.5 Å². The van der Waals surface area contributed by atoms with Crippen molar-refractivity contribution in [2.24, 2.45) is 0 Å². The molecular formula is C19H19ClN4O. The monoisotopic (exact) mass is 354 g/mol. The number of benzene rings is 2. The molecule has 5 nitrogen and oxygen atoms in total. The minimum atomic E-state index is 0.556. The molecule has 6 heteroatoms. The quantitative estimate of drug-likeness (QED) is 0.665. The SMILES string of the molecule is COc1ccc(CNc2nccc(Nc3cc(Cl)ccc3C)n2)cc1. The van der Waals surface area contributed by atoms with Gasteiger partial charge in [0.05, 0.1) is 7.11 Å². The maximum Gasteiger partial charge on any atom is 0.224 e. The standard InChI is InChI=1S/C19H19ClN4O/c1-13-3-6-15(20)11-17(13)23-18-9-10-21-19(24-18)22-12-14-4-7-16(25-2)8-5-14/h3-11H,12H2,1-2H3,(H2,21,22,23,24). The van der Waals surface area contributed by atoms with Crippen LogP contribution in [0.25, 0.3) is 0 Å². The fourth-order valence-electron chi connectivity index (χ4n) is 2.30. The number of methoxy groups -OCH3 is 1. The minimum absolute atomic E-state index is 0.556. The van der Waals surface area contributed by atoms with Gasteiger partial charge in [0.15, 0.2) is 0 Å². The van der Waals surface area contributed by atoms with E-state index in [2.05, 4.69) is 20.6 Å². The number of nitrogens with one attached hydrogen (secondary N) is 2. The van der Waals surface area contributed by atoms with Gasteiger partial charge in [-0.25, -0.2) is 4.98 Å². The third kappa shape index (κ3) is 4.61. The van der Waals surface area contributed by atoms with Crippen LogP contribution in [-0.2, 0) is 6.54 Å². The van der Waals surface area contributed by atoms with Crippen molar-refractivity contribution in [3.8, 4) is 5.75 Å². The molecule has 3 aromatic rings. The van der Waals surface area contributed by atoms with Crippen LogP contribution < -0.4 is 15.4 Å². The molecule has 0 radical (unpaired) electrons. The normalized spacial score (nSPS) is 10.4. The Kier molecular flexibility index (Phi) is 5.36. The van der Waals surface area contributed by atoms with E-state index in [9.17, 15) is 0 Å². The van der Waals surface area contributed by atoms with Gasteiger partial charge in [-0.2, -0.15) is 4.98 Å². The molecule has 0 unspecified atom stereocenters. The lowest BCUT2D eigenvalue weighted by Crippen LogP contribution is -2.05. The van der Waals surface area contributed by atoms with Gasteiger partial charge >= 0.3 is 0 Å². The highest BCUT2D eigenvalue weighted by Crippen LogP contribution is 2.23. The lowest BCUT2D eigenvalue weighted by atomic mass is 10.2. The molecule has 0 spiro atoms. The summed E-state index contributed by atoms with van der Waals surface area (Å²) in [5.74, 6) is 2.10.